The van der Waals surface area contributed by atoms with E-state index in [0.717, 1.165) is 0 Å². The van der Waals surface area contributed by atoms with Crippen LogP contribution in [0.3, 0.4) is 0 Å². The molecule has 2 N–H and O–H groups in total. The van der Waals surface area contributed by atoms with Crippen LogP contribution in [0.4, 0.5) is 0 Å². The Labute approximate surface area is 116 Å². The maximum atomic E-state index is 12.0. The molecule has 0 unspecified atom stereocenters. The quantitative estimate of drug-likeness (QED) is 0.742. The zero-order valence-corrected chi connectivity index (χ0v) is 11.9. The lowest BCUT2D eigenvalue weighted by Gasteiger charge is -2.09. The fourth-order valence-corrected chi connectivity index (χ4v) is 2.82. The molecule has 0 saturated carbocycles. The van der Waals surface area contributed by atoms with Crippen LogP contribution in [0.1, 0.15) is 22.3 Å². The summed E-state index contributed by atoms with van der Waals surface area (Å²) in [5, 5.41) is 8.47. The zero-order valence-electron chi connectivity index (χ0n) is 11.0. The minimum absolute atomic E-state index is 0.00413. The number of carbonyl (C=O) groups excluding carboxylic acids is 1. The molecule has 1 aromatic carbocycles. The van der Waals surface area contributed by atoms with Crippen LogP contribution in [0, 0.1) is 6.92 Å². The number of carboxylic acid groups (broad SMARTS) is 1. The average molecular weight is 301 g/mol. The van der Waals surface area contributed by atoms with Gasteiger partial charge in [0.1, 0.15) is 0 Å². The first-order chi connectivity index (χ1) is 9.27. The standard InChI is InChI=1S/C12H15NO6S/c1-8-7-9(12(16)19-2)3-4-10(8)20(17,18)13-6-5-11(14)15/h3-4,7,13H,5-6H2,1-2H3,(H,14,15). The van der Waals surface area contributed by atoms with Crippen molar-refractivity contribution in [3.8, 4) is 0 Å². The fourth-order valence-electron chi connectivity index (χ4n) is 1.57. The van der Waals surface area contributed by atoms with Gasteiger partial charge in [-0.15, -0.1) is 0 Å². The molecular weight excluding hydrogens is 286 g/mol. The molecule has 0 aliphatic carbocycles. The molecule has 0 aliphatic heterocycles. The highest BCUT2D eigenvalue weighted by Crippen LogP contribution is 2.17. The van der Waals surface area contributed by atoms with E-state index in [1.54, 1.807) is 0 Å². The van der Waals surface area contributed by atoms with Crippen LogP contribution in [0.2, 0.25) is 0 Å². The van der Waals surface area contributed by atoms with E-state index in [9.17, 15) is 18.0 Å². The van der Waals surface area contributed by atoms with E-state index in [2.05, 4.69) is 9.46 Å². The van der Waals surface area contributed by atoms with Gasteiger partial charge in [-0.25, -0.2) is 17.9 Å². The molecule has 20 heavy (non-hydrogen) atoms. The number of rotatable bonds is 6. The highest BCUT2D eigenvalue weighted by atomic mass is 32.2. The molecule has 0 aliphatic rings. The summed E-state index contributed by atoms with van der Waals surface area (Å²) in [5.41, 5.74) is 0.616. The summed E-state index contributed by atoms with van der Waals surface area (Å²) in [6.45, 7) is 1.34. The van der Waals surface area contributed by atoms with Crippen LogP contribution in [-0.4, -0.2) is 39.1 Å². The highest BCUT2D eigenvalue weighted by Gasteiger charge is 2.18. The third-order valence-electron chi connectivity index (χ3n) is 2.52. The van der Waals surface area contributed by atoms with Gasteiger partial charge in [0.05, 0.1) is 24.0 Å². The summed E-state index contributed by atoms with van der Waals surface area (Å²) >= 11 is 0. The predicted molar refractivity (Wildman–Crippen MR) is 70.0 cm³/mol. The van der Waals surface area contributed by atoms with Crippen LogP contribution in [0.25, 0.3) is 0 Å². The third-order valence-corrected chi connectivity index (χ3v) is 4.14. The molecule has 0 aromatic heterocycles. The monoisotopic (exact) mass is 301 g/mol. The van der Waals surface area contributed by atoms with E-state index in [4.69, 9.17) is 5.11 Å². The topological polar surface area (TPSA) is 110 Å². The van der Waals surface area contributed by atoms with E-state index in [-0.39, 0.29) is 23.4 Å². The fraction of sp³-hybridized carbons (Fsp3) is 0.333. The smallest absolute Gasteiger partial charge is 0.337 e. The summed E-state index contributed by atoms with van der Waals surface area (Å²) in [6, 6.07) is 4.02. The molecule has 0 atom stereocenters. The second-order valence-electron chi connectivity index (χ2n) is 4.01. The normalized spacial score (nSPS) is 11.1. The van der Waals surface area contributed by atoms with E-state index >= 15 is 0 Å². The lowest BCUT2D eigenvalue weighted by molar-refractivity contribution is -0.136. The van der Waals surface area contributed by atoms with Crippen LogP contribution in [0.5, 0.6) is 0 Å². The number of methoxy groups -OCH3 is 1. The van der Waals surface area contributed by atoms with Gasteiger partial charge in [0.15, 0.2) is 0 Å². The van der Waals surface area contributed by atoms with Crippen molar-refractivity contribution in [1.29, 1.82) is 0 Å². The number of hydrogen-bond acceptors (Lipinski definition) is 5. The van der Waals surface area contributed by atoms with Crippen molar-refractivity contribution in [3.63, 3.8) is 0 Å². The number of hydrogen-bond donors (Lipinski definition) is 2. The lowest BCUT2D eigenvalue weighted by atomic mass is 10.1. The van der Waals surface area contributed by atoms with E-state index in [1.807, 2.05) is 0 Å². The number of esters is 1. The Balaban J connectivity index is 2.96. The number of aryl methyl sites for hydroxylation is 1. The molecule has 0 saturated heterocycles. The van der Waals surface area contributed by atoms with Crippen molar-refractivity contribution in [2.75, 3.05) is 13.7 Å². The molecule has 0 radical (unpaired) electrons. The number of sulfonamides is 1. The first-order valence-electron chi connectivity index (χ1n) is 5.68. The number of carbonyl (C=O) groups is 2. The van der Waals surface area contributed by atoms with Gasteiger partial charge < -0.3 is 9.84 Å². The Hall–Kier alpha value is -1.93. The molecule has 110 valence electrons. The Kier molecular flexibility index (Phi) is 5.23. The molecule has 0 fully saturated rings. The number of ether oxygens (including phenoxy) is 1. The first kappa shape index (κ1) is 16.1. The maximum Gasteiger partial charge on any atom is 0.337 e. The second kappa shape index (κ2) is 6.49. The van der Waals surface area contributed by atoms with Crippen LogP contribution >= 0.6 is 0 Å². The van der Waals surface area contributed by atoms with Gasteiger partial charge in [-0.3, -0.25) is 4.79 Å². The maximum absolute atomic E-state index is 12.0. The lowest BCUT2D eigenvalue weighted by Crippen LogP contribution is -2.27. The summed E-state index contributed by atoms with van der Waals surface area (Å²) < 4.78 is 30.7. The summed E-state index contributed by atoms with van der Waals surface area (Å²) in [4.78, 5) is 21.7. The average Bonchev–Trinajstić information content (AvgIpc) is 2.36. The molecule has 7 nitrogen and oxygen atoms in total. The van der Waals surface area contributed by atoms with Crippen molar-refractivity contribution in [2.24, 2.45) is 0 Å². The SMILES string of the molecule is COC(=O)c1ccc(S(=O)(=O)NCCC(=O)O)c(C)c1. The largest absolute Gasteiger partial charge is 0.481 e. The van der Waals surface area contributed by atoms with Crippen molar-refractivity contribution in [3.05, 3.63) is 29.3 Å². The minimum Gasteiger partial charge on any atom is -0.481 e. The van der Waals surface area contributed by atoms with Crippen molar-refractivity contribution >= 4 is 22.0 Å². The molecule has 0 amide bonds. The zero-order chi connectivity index (χ0) is 15.3. The van der Waals surface area contributed by atoms with Gasteiger partial charge in [0, 0.05) is 6.54 Å². The number of carboxylic acids is 1. The van der Waals surface area contributed by atoms with Crippen LogP contribution in [-0.2, 0) is 19.6 Å². The van der Waals surface area contributed by atoms with Gasteiger partial charge in [-0.05, 0) is 30.7 Å². The Morgan fingerprint density at radius 2 is 2.00 bits per heavy atom. The molecule has 8 heteroatoms. The van der Waals surface area contributed by atoms with E-state index in [1.165, 1.54) is 32.2 Å². The summed E-state index contributed by atoms with van der Waals surface area (Å²) in [5.74, 6) is -1.65. The van der Waals surface area contributed by atoms with Gasteiger partial charge >= 0.3 is 11.9 Å². The van der Waals surface area contributed by atoms with E-state index in [0.29, 0.717) is 5.56 Å². The second-order valence-corrected chi connectivity index (χ2v) is 5.75. The predicted octanol–water partition coefficient (Wildman–Crippen LogP) is 0.535. The Morgan fingerprint density at radius 3 is 2.50 bits per heavy atom. The first-order valence-corrected chi connectivity index (χ1v) is 7.16. The van der Waals surface area contributed by atoms with Crippen LogP contribution in [0.15, 0.2) is 23.1 Å². The molecule has 0 spiro atoms. The van der Waals surface area contributed by atoms with Crippen molar-refractivity contribution < 1.29 is 27.9 Å². The number of aliphatic carboxylic acids is 1. The number of nitrogens with one attached hydrogen (secondary N) is 1. The molecular formula is C12H15NO6S. The minimum atomic E-state index is -3.80. The van der Waals surface area contributed by atoms with Gasteiger partial charge in [0.2, 0.25) is 10.0 Å². The van der Waals surface area contributed by atoms with Gasteiger partial charge in [-0.1, -0.05) is 0 Å². The molecule has 1 aromatic rings. The summed E-state index contributed by atoms with van der Waals surface area (Å²) in [7, 11) is -2.57. The Morgan fingerprint density at radius 1 is 1.35 bits per heavy atom. The number of benzene rings is 1. The third kappa shape index (κ3) is 4.04. The van der Waals surface area contributed by atoms with Crippen LogP contribution < -0.4 is 4.72 Å². The van der Waals surface area contributed by atoms with E-state index < -0.39 is 22.0 Å². The highest BCUT2D eigenvalue weighted by molar-refractivity contribution is 7.89. The van der Waals surface area contributed by atoms with Crippen molar-refractivity contribution in [1.82, 2.24) is 4.72 Å². The summed E-state index contributed by atoms with van der Waals surface area (Å²) in [6.07, 6.45) is -0.307. The molecule has 0 bridgehead atoms. The molecule has 0 heterocycles. The van der Waals surface area contributed by atoms with Gasteiger partial charge in [0.25, 0.3) is 0 Å². The van der Waals surface area contributed by atoms with Crippen molar-refractivity contribution in [2.45, 2.75) is 18.2 Å². The molecule has 1 rings (SSSR count). The van der Waals surface area contributed by atoms with Gasteiger partial charge in [-0.2, -0.15) is 0 Å². The Bertz CT molecular complexity index is 623.